The molecule has 0 unspecified atom stereocenters. The van der Waals surface area contributed by atoms with Gasteiger partial charge in [0.2, 0.25) is 0 Å². The summed E-state index contributed by atoms with van der Waals surface area (Å²) in [5.41, 5.74) is 2.91. The van der Waals surface area contributed by atoms with Gasteiger partial charge in [-0.2, -0.15) is 0 Å². The Kier molecular flexibility index (Phi) is 3.47. The average molecular weight is 278 g/mol. The Labute approximate surface area is 122 Å². The lowest BCUT2D eigenvalue weighted by Gasteiger charge is -2.06. The average Bonchev–Trinajstić information content (AvgIpc) is 3.02. The molecule has 0 radical (unpaired) electrons. The minimum Gasteiger partial charge on any atom is -0.345 e. The Morgan fingerprint density at radius 1 is 1.14 bits per heavy atom. The van der Waals surface area contributed by atoms with Crippen molar-refractivity contribution >= 4 is 11.6 Å². The Morgan fingerprint density at radius 2 is 1.95 bits per heavy atom. The number of nitrogens with zero attached hydrogens (tertiary/aromatic N) is 2. The fraction of sp³-hybridized carbons (Fsp3) is 0.0625. The highest BCUT2D eigenvalue weighted by Gasteiger charge is 2.08. The zero-order valence-corrected chi connectivity index (χ0v) is 11.5. The number of carbonyl (C=O) groups excluding carboxylic acids is 1. The number of pyridine rings is 1. The van der Waals surface area contributed by atoms with Crippen LogP contribution in [0.3, 0.4) is 0 Å². The molecule has 0 spiro atoms. The maximum Gasteiger partial charge on any atom is 0.274 e. The van der Waals surface area contributed by atoms with E-state index in [1.54, 1.807) is 18.5 Å². The summed E-state index contributed by atoms with van der Waals surface area (Å²) >= 11 is 0. The zero-order chi connectivity index (χ0) is 14.7. The van der Waals surface area contributed by atoms with Gasteiger partial charge in [-0.1, -0.05) is 6.07 Å². The van der Waals surface area contributed by atoms with Gasteiger partial charge in [-0.15, -0.1) is 0 Å². The van der Waals surface area contributed by atoms with Crippen LogP contribution in [0.2, 0.25) is 0 Å². The van der Waals surface area contributed by atoms with Gasteiger partial charge in [0.05, 0.1) is 0 Å². The number of imidazole rings is 1. The highest BCUT2D eigenvalue weighted by molar-refractivity contribution is 6.02. The first kappa shape index (κ1) is 13.1. The molecule has 0 aliphatic heterocycles. The number of anilines is 1. The van der Waals surface area contributed by atoms with E-state index >= 15 is 0 Å². The van der Waals surface area contributed by atoms with E-state index in [1.807, 2.05) is 43.3 Å². The molecule has 0 saturated carbocycles. The van der Waals surface area contributed by atoms with Crippen molar-refractivity contribution in [2.75, 3.05) is 5.32 Å². The summed E-state index contributed by atoms with van der Waals surface area (Å²) in [6.07, 6.45) is 3.48. The largest absolute Gasteiger partial charge is 0.345 e. The van der Waals surface area contributed by atoms with Crippen LogP contribution in [0.1, 0.15) is 16.2 Å². The van der Waals surface area contributed by atoms with Crippen LogP contribution in [0.4, 0.5) is 5.69 Å². The molecule has 1 amide bonds. The highest BCUT2D eigenvalue weighted by Crippen LogP contribution is 2.18. The molecule has 104 valence electrons. The Balaban J connectivity index is 1.75. The number of hydrogen-bond acceptors (Lipinski definition) is 3. The molecule has 0 fully saturated rings. The van der Waals surface area contributed by atoms with Crippen LogP contribution in [0.25, 0.3) is 11.4 Å². The quantitative estimate of drug-likeness (QED) is 0.773. The molecule has 0 saturated heterocycles. The van der Waals surface area contributed by atoms with Crippen molar-refractivity contribution in [2.45, 2.75) is 6.92 Å². The summed E-state index contributed by atoms with van der Waals surface area (Å²) in [5, 5.41) is 2.83. The fourth-order valence-corrected chi connectivity index (χ4v) is 2.00. The van der Waals surface area contributed by atoms with Crippen molar-refractivity contribution in [3.8, 4) is 11.4 Å². The molecule has 2 N–H and O–H groups in total. The van der Waals surface area contributed by atoms with Crippen LogP contribution in [0.15, 0.2) is 54.9 Å². The monoisotopic (exact) mass is 278 g/mol. The van der Waals surface area contributed by atoms with Gasteiger partial charge in [0.1, 0.15) is 11.5 Å². The van der Waals surface area contributed by atoms with E-state index in [4.69, 9.17) is 0 Å². The first-order valence-electron chi connectivity index (χ1n) is 6.57. The molecule has 3 rings (SSSR count). The third kappa shape index (κ3) is 2.97. The molecule has 0 bridgehead atoms. The van der Waals surface area contributed by atoms with Crippen LogP contribution in [0.5, 0.6) is 0 Å². The molecule has 1 aromatic carbocycles. The van der Waals surface area contributed by atoms with Crippen molar-refractivity contribution in [1.29, 1.82) is 0 Å². The van der Waals surface area contributed by atoms with Gasteiger partial charge >= 0.3 is 0 Å². The molecule has 3 aromatic rings. The lowest BCUT2D eigenvalue weighted by atomic mass is 10.2. The molecule has 21 heavy (non-hydrogen) atoms. The summed E-state index contributed by atoms with van der Waals surface area (Å²) in [6, 6.07) is 12.8. The summed E-state index contributed by atoms with van der Waals surface area (Å²) in [4.78, 5) is 23.5. The molecule has 2 aromatic heterocycles. The van der Waals surface area contributed by atoms with Crippen LogP contribution in [0, 0.1) is 6.92 Å². The minimum absolute atomic E-state index is 0.218. The lowest BCUT2D eigenvalue weighted by Crippen LogP contribution is -2.13. The molecular weight excluding hydrogens is 264 g/mol. The smallest absolute Gasteiger partial charge is 0.274 e. The third-order valence-corrected chi connectivity index (χ3v) is 3.04. The van der Waals surface area contributed by atoms with Crippen LogP contribution in [-0.2, 0) is 0 Å². The number of amides is 1. The van der Waals surface area contributed by atoms with Crippen molar-refractivity contribution in [3.63, 3.8) is 0 Å². The van der Waals surface area contributed by atoms with E-state index in [0.717, 1.165) is 22.8 Å². The summed E-state index contributed by atoms with van der Waals surface area (Å²) in [7, 11) is 0. The summed E-state index contributed by atoms with van der Waals surface area (Å²) < 4.78 is 0. The van der Waals surface area contributed by atoms with E-state index in [-0.39, 0.29) is 5.91 Å². The number of aryl methyl sites for hydroxylation is 1. The summed E-state index contributed by atoms with van der Waals surface area (Å²) in [5.74, 6) is 0.581. The van der Waals surface area contributed by atoms with Crippen molar-refractivity contribution < 1.29 is 4.79 Å². The van der Waals surface area contributed by atoms with Gasteiger partial charge in [0.25, 0.3) is 5.91 Å². The number of carbonyl (C=O) groups is 1. The zero-order valence-electron chi connectivity index (χ0n) is 11.5. The Bertz CT molecular complexity index is 748. The second kappa shape index (κ2) is 5.58. The normalized spacial score (nSPS) is 10.3. The molecule has 5 heteroatoms. The van der Waals surface area contributed by atoms with Crippen LogP contribution < -0.4 is 5.32 Å². The van der Waals surface area contributed by atoms with E-state index in [1.165, 1.54) is 0 Å². The van der Waals surface area contributed by atoms with Gasteiger partial charge in [-0.05, 0) is 43.3 Å². The van der Waals surface area contributed by atoms with E-state index < -0.39 is 0 Å². The first-order valence-corrected chi connectivity index (χ1v) is 6.57. The van der Waals surface area contributed by atoms with Crippen LogP contribution >= 0.6 is 0 Å². The van der Waals surface area contributed by atoms with E-state index in [0.29, 0.717) is 5.69 Å². The molecule has 2 heterocycles. The maximum atomic E-state index is 12.1. The predicted octanol–water partition coefficient (Wildman–Crippen LogP) is 3.03. The SMILES string of the molecule is Cc1cccc(C(=O)Nc2ccc(-c3ncc[nH]3)cc2)n1. The third-order valence-electron chi connectivity index (χ3n) is 3.04. The number of hydrogen-bond donors (Lipinski definition) is 2. The van der Waals surface area contributed by atoms with Gasteiger partial charge in [0.15, 0.2) is 0 Å². The number of aromatic nitrogens is 3. The molecule has 0 atom stereocenters. The maximum absolute atomic E-state index is 12.1. The number of H-pyrrole nitrogens is 1. The van der Waals surface area contributed by atoms with E-state index in [2.05, 4.69) is 20.3 Å². The molecular formula is C16H14N4O. The number of aromatic amines is 1. The number of nitrogens with one attached hydrogen (secondary N) is 2. The lowest BCUT2D eigenvalue weighted by molar-refractivity contribution is 0.102. The van der Waals surface area contributed by atoms with Gasteiger partial charge < -0.3 is 10.3 Å². The second-order valence-electron chi connectivity index (χ2n) is 4.63. The van der Waals surface area contributed by atoms with Gasteiger partial charge in [0, 0.05) is 29.3 Å². The molecule has 0 aliphatic carbocycles. The number of rotatable bonds is 3. The van der Waals surface area contributed by atoms with Gasteiger partial charge in [-0.25, -0.2) is 9.97 Å². The highest BCUT2D eigenvalue weighted by atomic mass is 16.1. The number of benzene rings is 1. The standard InChI is InChI=1S/C16H14N4O/c1-11-3-2-4-14(19-11)16(21)20-13-7-5-12(6-8-13)15-17-9-10-18-15/h2-10H,1H3,(H,17,18)(H,20,21). The Hall–Kier alpha value is -2.95. The fourth-order valence-electron chi connectivity index (χ4n) is 2.00. The minimum atomic E-state index is -0.218. The Morgan fingerprint density at radius 3 is 2.62 bits per heavy atom. The van der Waals surface area contributed by atoms with Crippen molar-refractivity contribution in [2.24, 2.45) is 0 Å². The van der Waals surface area contributed by atoms with Crippen molar-refractivity contribution in [3.05, 3.63) is 66.2 Å². The first-order chi connectivity index (χ1) is 10.2. The van der Waals surface area contributed by atoms with Crippen LogP contribution in [-0.4, -0.2) is 20.9 Å². The van der Waals surface area contributed by atoms with Gasteiger partial charge in [-0.3, -0.25) is 4.79 Å². The molecule has 0 aliphatic rings. The molecule has 5 nitrogen and oxygen atoms in total. The van der Waals surface area contributed by atoms with Crippen molar-refractivity contribution in [1.82, 2.24) is 15.0 Å². The predicted molar refractivity (Wildman–Crippen MR) is 81.0 cm³/mol. The second-order valence-corrected chi connectivity index (χ2v) is 4.63. The van der Waals surface area contributed by atoms with E-state index in [9.17, 15) is 4.79 Å². The topological polar surface area (TPSA) is 70.7 Å². The summed E-state index contributed by atoms with van der Waals surface area (Å²) in [6.45, 7) is 1.86.